The monoisotopic (exact) mass is 472 g/mol. The predicted octanol–water partition coefficient (Wildman–Crippen LogP) is 5.02. The minimum Gasteiger partial charge on any atom is -0.493 e. The minimum atomic E-state index is -0.308. The molecule has 0 aliphatic heterocycles. The van der Waals surface area contributed by atoms with E-state index in [0.29, 0.717) is 34.1 Å². The SMILES string of the molecule is COc1cc(C(=O)N(Cc2cc3cccc(C)c3[nH]c2=O)c2ccc(C)cc2)cc(OC)c1OC. The Labute approximate surface area is 203 Å². The van der Waals surface area contributed by atoms with E-state index in [1.54, 1.807) is 17.0 Å². The maximum atomic E-state index is 13.9. The number of aromatic amines is 1. The third kappa shape index (κ3) is 4.71. The molecule has 0 spiro atoms. The first-order chi connectivity index (χ1) is 16.9. The molecule has 4 rings (SSSR count). The molecular weight excluding hydrogens is 444 g/mol. The Kier molecular flexibility index (Phi) is 6.78. The Morgan fingerprint density at radius 3 is 2.14 bits per heavy atom. The molecule has 7 heteroatoms. The van der Waals surface area contributed by atoms with Gasteiger partial charge in [0.15, 0.2) is 11.5 Å². The van der Waals surface area contributed by atoms with Gasteiger partial charge in [-0.25, -0.2) is 0 Å². The van der Waals surface area contributed by atoms with Crippen molar-refractivity contribution in [3.8, 4) is 17.2 Å². The average Bonchev–Trinajstić information content (AvgIpc) is 2.87. The molecule has 1 amide bonds. The number of nitrogens with one attached hydrogen (secondary N) is 1. The number of carbonyl (C=O) groups excluding carboxylic acids is 1. The highest BCUT2D eigenvalue weighted by Gasteiger charge is 2.24. The van der Waals surface area contributed by atoms with Crippen LogP contribution in [0.25, 0.3) is 10.9 Å². The van der Waals surface area contributed by atoms with Gasteiger partial charge in [-0.1, -0.05) is 35.9 Å². The first-order valence-corrected chi connectivity index (χ1v) is 11.2. The highest BCUT2D eigenvalue weighted by molar-refractivity contribution is 6.06. The third-order valence-electron chi connectivity index (χ3n) is 6.00. The van der Waals surface area contributed by atoms with Gasteiger partial charge >= 0.3 is 0 Å². The summed E-state index contributed by atoms with van der Waals surface area (Å²) >= 11 is 0. The van der Waals surface area contributed by atoms with Gasteiger partial charge in [-0.15, -0.1) is 0 Å². The number of carbonyl (C=O) groups is 1. The molecule has 0 bridgehead atoms. The molecule has 180 valence electrons. The van der Waals surface area contributed by atoms with Gasteiger partial charge in [0.25, 0.3) is 11.5 Å². The van der Waals surface area contributed by atoms with E-state index in [1.807, 2.05) is 62.4 Å². The van der Waals surface area contributed by atoms with E-state index in [9.17, 15) is 9.59 Å². The number of H-pyrrole nitrogens is 1. The molecule has 0 aliphatic carbocycles. The fraction of sp³-hybridized carbons (Fsp3) is 0.214. The molecule has 0 unspecified atom stereocenters. The zero-order valence-corrected chi connectivity index (χ0v) is 20.5. The van der Waals surface area contributed by atoms with Crippen molar-refractivity contribution in [1.29, 1.82) is 0 Å². The Morgan fingerprint density at radius 2 is 1.54 bits per heavy atom. The largest absolute Gasteiger partial charge is 0.493 e. The second-order valence-electron chi connectivity index (χ2n) is 8.30. The van der Waals surface area contributed by atoms with Gasteiger partial charge in [-0.05, 0) is 55.1 Å². The van der Waals surface area contributed by atoms with E-state index in [0.717, 1.165) is 22.0 Å². The predicted molar refractivity (Wildman–Crippen MR) is 137 cm³/mol. The fourth-order valence-electron chi connectivity index (χ4n) is 4.08. The Balaban J connectivity index is 1.82. The highest BCUT2D eigenvalue weighted by atomic mass is 16.5. The molecule has 1 heterocycles. The second kappa shape index (κ2) is 9.93. The van der Waals surface area contributed by atoms with Crippen LogP contribution >= 0.6 is 0 Å². The van der Waals surface area contributed by atoms with Crippen molar-refractivity contribution in [2.75, 3.05) is 26.2 Å². The molecule has 3 aromatic carbocycles. The van der Waals surface area contributed by atoms with Gasteiger partial charge in [0, 0.05) is 16.8 Å². The number of amides is 1. The number of nitrogens with zero attached hydrogens (tertiary/aromatic N) is 1. The molecule has 0 aliphatic rings. The quantitative estimate of drug-likeness (QED) is 0.409. The van der Waals surface area contributed by atoms with Gasteiger partial charge < -0.3 is 24.1 Å². The van der Waals surface area contributed by atoms with Crippen molar-refractivity contribution in [2.45, 2.75) is 20.4 Å². The summed E-state index contributed by atoms with van der Waals surface area (Å²) in [6, 6.07) is 18.5. The van der Waals surface area contributed by atoms with Gasteiger partial charge in [-0.2, -0.15) is 0 Å². The third-order valence-corrected chi connectivity index (χ3v) is 6.00. The number of anilines is 1. The van der Waals surface area contributed by atoms with Gasteiger partial charge in [0.05, 0.1) is 33.4 Å². The van der Waals surface area contributed by atoms with Crippen LogP contribution in [-0.4, -0.2) is 32.2 Å². The van der Waals surface area contributed by atoms with Gasteiger partial charge in [0.1, 0.15) is 0 Å². The zero-order valence-electron chi connectivity index (χ0n) is 20.5. The van der Waals surface area contributed by atoms with E-state index < -0.39 is 0 Å². The van der Waals surface area contributed by atoms with Crippen LogP contribution in [0, 0.1) is 13.8 Å². The number of aromatic nitrogens is 1. The lowest BCUT2D eigenvalue weighted by atomic mass is 10.1. The number of fused-ring (bicyclic) bond motifs is 1. The number of aryl methyl sites for hydroxylation is 2. The number of ether oxygens (including phenoxy) is 3. The van der Waals surface area contributed by atoms with Crippen LogP contribution in [0.5, 0.6) is 17.2 Å². The summed E-state index contributed by atoms with van der Waals surface area (Å²) in [5, 5.41) is 0.906. The normalized spacial score (nSPS) is 10.8. The summed E-state index contributed by atoms with van der Waals surface area (Å²) in [5.41, 5.74) is 4.08. The molecular formula is C28H28N2O5. The smallest absolute Gasteiger partial charge is 0.258 e. The molecule has 7 nitrogen and oxygen atoms in total. The number of pyridine rings is 1. The van der Waals surface area contributed by atoms with E-state index >= 15 is 0 Å². The molecule has 1 aromatic heterocycles. The van der Waals surface area contributed by atoms with Crippen molar-refractivity contribution >= 4 is 22.5 Å². The summed E-state index contributed by atoms with van der Waals surface area (Å²) in [6.07, 6.45) is 0. The van der Waals surface area contributed by atoms with Crippen LogP contribution in [0.4, 0.5) is 5.69 Å². The number of para-hydroxylation sites is 1. The maximum Gasteiger partial charge on any atom is 0.258 e. The number of hydrogen-bond acceptors (Lipinski definition) is 5. The van der Waals surface area contributed by atoms with Crippen molar-refractivity contribution < 1.29 is 19.0 Å². The highest BCUT2D eigenvalue weighted by Crippen LogP contribution is 2.39. The number of methoxy groups -OCH3 is 3. The fourth-order valence-corrected chi connectivity index (χ4v) is 4.08. The van der Waals surface area contributed by atoms with Gasteiger partial charge in [0.2, 0.25) is 5.75 Å². The summed E-state index contributed by atoms with van der Waals surface area (Å²) in [6.45, 7) is 4.01. The number of hydrogen-bond donors (Lipinski definition) is 1. The van der Waals surface area contributed by atoms with Crippen molar-refractivity contribution in [3.63, 3.8) is 0 Å². The number of benzene rings is 3. The average molecular weight is 473 g/mol. The lowest BCUT2D eigenvalue weighted by Crippen LogP contribution is -2.33. The van der Waals surface area contributed by atoms with Crippen LogP contribution < -0.4 is 24.7 Å². The molecule has 4 aromatic rings. The van der Waals surface area contributed by atoms with E-state index in [4.69, 9.17) is 14.2 Å². The summed E-state index contributed by atoms with van der Waals surface area (Å²) in [5.74, 6) is 0.836. The van der Waals surface area contributed by atoms with Crippen molar-refractivity contribution in [1.82, 2.24) is 4.98 Å². The standard InChI is InChI=1S/C28H28N2O5/c1-17-9-11-22(12-10-17)30(16-21-13-19-8-6-7-18(2)25(19)29-27(21)31)28(32)20-14-23(33-3)26(35-5)24(15-20)34-4/h6-15H,16H2,1-5H3,(H,29,31). The van der Waals surface area contributed by atoms with Crippen LogP contribution in [0.1, 0.15) is 27.0 Å². The maximum absolute atomic E-state index is 13.9. The van der Waals surface area contributed by atoms with E-state index in [1.165, 1.54) is 21.3 Å². The van der Waals surface area contributed by atoms with Crippen LogP contribution in [0.15, 0.2) is 65.5 Å². The molecule has 0 atom stereocenters. The lowest BCUT2D eigenvalue weighted by Gasteiger charge is -2.24. The topological polar surface area (TPSA) is 80.9 Å². The molecule has 0 radical (unpaired) electrons. The molecule has 0 saturated heterocycles. The zero-order chi connectivity index (χ0) is 25.1. The lowest BCUT2D eigenvalue weighted by molar-refractivity contribution is 0.0984. The van der Waals surface area contributed by atoms with E-state index in [-0.39, 0.29) is 18.0 Å². The van der Waals surface area contributed by atoms with Crippen molar-refractivity contribution in [3.05, 3.63) is 93.3 Å². The van der Waals surface area contributed by atoms with Crippen molar-refractivity contribution in [2.24, 2.45) is 0 Å². The summed E-state index contributed by atoms with van der Waals surface area (Å²) in [4.78, 5) is 31.4. The molecule has 1 N–H and O–H groups in total. The second-order valence-corrected chi connectivity index (χ2v) is 8.30. The van der Waals surface area contributed by atoms with Gasteiger partial charge in [-0.3, -0.25) is 9.59 Å². The Bertz CT molecular complexity index is 1420. The van der Waals surface area contributed by atoms with Crippen LogP contribution in [-0.2, 0) is 6.54 Å². The molecule has 35 heavy (non-hydrogen) atoms. The Hall–Kier alpha value is -4.26. The minimum absolute atomic E-state index is 0.0811. The number of rotatable bonds is 7. The molecule has 0 fully saturated rings. The first-order valence-electron chi connectivity index (χ1n) is 11.2. The van der Waals surface area contributed by atoms with Crippen LogP contribution in [0.2, 0.25) is 0 Å². The molecule has 0 saturated carbocycles. The summed E-state index contributed by atoms with van der Waals surface area (Å²) < 4.78 is 16.3. The van der Waals surface area contributed by atoms with E-state index in [2.05, 4.69) is 4.98 Å². The Morgan fingerprint density at radius 1 is 0.886 bits per heavy atom. The summed E-state index contributed by atoms with van der Waals surface area (Å²) in [7, 11) is 4.51. The van der Waals surface area contributed by atoms with Crippen LogP contribution in [0.3, 0.4) is 0 Å². The first kappa shape index (κ1) is 23.9.